The summed E-state index contributed by atoms with van der Waals surface area (Å²) in [6.07, 6.45) is 0.319. The number of rotatable bonds is 3. The molecule has 1 heterocycles. The number of hydrogen-bond acceptors (Lipinski definition) is 5. The van der Waals surface area contributed by atoms with E-state index in [0.717, 1.165) is 0 Å². The van der Waals surface area contributed by atoms with E-state index < -0.39 is 17.6 Å². The Labute approximate surface area is 101 Å². The highest BCUT2D eigenvalue weighted by Crippen LogP contribution is 2.10. The van der Waals surface area contributed by atoms with Crippen LogP contribution in [0.25, 0.3) is 0 Å². The molecule has 1 atom stereocenters. The van der Waals surface area contributed by atoms with Gasteiger partial charge >= 0.3 is 5.97 Å². The lowest BCUT2D eigenvalue weighted by atomic mass is 10.1. The molecule has 17 heavy (non-hydrogen) atoms. The summed E-state index contributed by atoms with van der Waals surface area (Å²) in [5, 5.41) is 0. The normalized spacial score (nSPS) is 13.2. The number of hydrogen-bond donors (Lipinski definition) is 2. The number of nitrogens with two attached hydrogens (primary N) is 2. The largest absolute Gasteiger partial charge is 0.459 e. The van der Waals surface area contributed by atoms with E-state index in [-0.39, 0.29) is 0 Å². The fourth-order valence-corrected chi connectivity index (χ4v) is 1.30. The van der Waals surface area contributed by atoms with Crippen molar-refractivity contribution in [3.8, 4) is 0 Å². The number of carbonyl (C=O) groups is 1. The highest BCUT2D eigenvalue weighted by atomic mass is 16.6. The van der Waals surface area contributed by atoms with Crippen LogP contribution in [0.15, 0.2) is 18.2 Å². The van der Waals surface area contributed by atoms with Gasteiger partial charge in [-0.3, -0.25) is 4.79 Å². The monoisotopic (exact) mass is 237 g/mol. The third-order valence-electron chi connectivity index (χ3n) is 1.97. The average molecular weight is 237 g/mol. The van der Waals surface area contributed by atoms with E-state index in [4.69, 9.17) is 16.2 Å². The van der Waals surface area contributed by atoms with Gasteiger partial charge in [0.05, 0.1) is 0 Å². The lowest BCUT2D eigenvalue weighted by Gasteiger charge is -2.22. The molecule has 0 bridgehead atoms. The van der Waals surface area contributed by atoms with Crippen LogP contribution >= 0.6 is 0 Å². The van der Waals surface area contributed by atoms with E-state index in [9.17, 15) is 4.79 Å². The zero-order valence-corrected chi connectivity index (χ0v) is 10.4. The molecule has 5 heteroatoms. The van der Waals surface area contributed by atoms with Crippen molar-refractivity contribution >= 4 is 11.8 Å². The quantitative estimate of drug-likeness (QED) is 0.761. The van der Waals surface area contributed by atoms with Crippen LogP contribution in [-0.4, -0.2) is 22.6 Å². The maximum atomic E-state index is 11.6. The number of aromatic nitrogens is 1. The highest BCUT2D eigenvalue weighted by Gasteiger charge is 2.22. The Kier molecular flexibility index (Phi) is 4.07. The summed E-state index contributed by atoms with van der Waals surface area (Å²) in [7, 11) is 0. The Morgan fingerprint density at radius 3 is 2.65 bits per heavy atom. The first-order valence-corrected chi connectivity index (χ1v) is 5.48. The summed E-state index contributed by atoms with van der Waals surface area (Å²) in [6, 6.07) is 4.52. The van der Waals surface area contributed by atoms with Crippen molar-refractivity contribution in [2.45, 2.75) is 38.8 Å². The van der Waals surface area contributed by atoms with Gasteiger partial charge in [0.15, 0.2) is 0 Å². The smallest absolute Gasteiger partial charge is 0.323 e. The minimum atomic E-state index is -0.719. The second kappa shape index (κ2) is 5.14. The van der Waals surface area contributed by atoms with Crippen LogP contribution in [0.3, 0.4) is 0 Å². The Morgan fingerprint density at radius 2 is 2.12 bits per heavy atom. The maximum absolute atomic E-state index is 11.6. The van der Waals surface area contributed by atoms with Crippen molar-refractivity contribution in [2.24, 2.45) is 5.73 Å². The van der Waals surface area contributed by atoms with Gasteiger partial charge in [0.2, 0.25) is 0 Å². The molecule has 0 aromatic carbocycles. The molecule has 1 rings (SSSR count). The zero-order valence-electron chi connectivity index (χ0n) is 10.4. The van der Waals surface area contributed by atoms with Gasteiger partial charge in [-0.2, -0.15) is 0 Å². The molecule has 1 unspecified atom stereocenters. The maximum Gasteiger partial charge on any atom is 0.323 e. The van der Waals surface area contributed by atoms with Gasteiger partial charge in [-0.1, -0.05) is 6.07 Å². The Bertz CT molecular complexity index is 399. The summed E-state index contributed by atoms with van der Waals surface area (Å²) in [5.74, 6) is -0.0133. The number of carbonyl (C=O) groups excluding carboxylic acids is 1. The molecular formula is C12H19N3O2. The number of pyridine rings is 1. The Hall–Kier alpha value is -1.62. The molecule has 0 spiro atoms. The molecule has 0 aliphatic rings. The average Bonchev–Trinajstić information content (AvgIpc) is 2.14. The van der Waals surface area contributed by atoms with Crippen molar-refractivity contribution < 1.29 is 9.53 Å². The molecule has 0 radical (unpaired) electrons. The number of nitrogen functional groups attached to an aromatic ring is 1. The first kappa shape index (κ1) is 13.4. The molecule has 0 aliphatic carbocycles. The lowest BCUT2D eigenvalue weighted by molar-refractivity contribution is -0.156. The van der Waals surface area contributed by atoms with Crippen molar-refractivity contribution in [2.75, 3.05) is 5.73 Å². The molecule has 5 nitrogen and oxygen atoms in total. The van der Waals surface area contributed by atoms with E-state index in [2.05, 4.69) is 4.98 Å². The Balaban J connectivity index is 2.60. The highest BCUT2D eigenvalue weighted by molar-refractivity contribution is 5.76. The molecule has 1 aromatic heterocycles. The first-order chi connectivity index (χ1) is 7.78. The topological polar surface area (TPSA) is 91.2 Å². The fraction of sp³-hybridized carbons (Fsp3) is 0.500. The third kappa shape index (κ3) is 4.82. The number of ether oxygens (including phenoxy) is 1. The molecular weight excluding hydrogens is 218 g/mol. The number of esters is 1. The predicted molar refractivity (Wildman–Crippen MR) is 66.2 cm³/mol. The van der Waals surface area contributed by atoms with Crippen LogP contribution in [0.5, 0.6) is 0 Å². The fourth-order valence-electron chi connectivity index (χ4n) is 1.30. The molecule has 0 amide bonds. The van der Waals surface area contributed by atoms with Crippen molar-refractivity contribution in [3.63, 3.8) is 0 Å². The Morgan fingerprint density at radius 1 is 1.47 bits per heavy atom. The summed E-state index contributed by atoms with van der Waals surface area (Å²) < 4.78 is 5.18. The molecule has 0 fully saturated rings. The van der Waals surface area contributed by atoms with Crippen LogP contribution in [0, 0.1) is 0 Å². The van der Waals surface area contributed by atoms with Gasteiger partial charge in [0.25, 0.3) is 0 Å². The minimum Gasteiger partial charge on any atom is -0.459 e. The zero-order chi connectivity index (χ0) is 13.1. The van der Waals surface area contributed by atoms with E-state index >= 15 is 0 Å². The summed E-state index contributed by atoms with van der Waals surface area (Å²) in [5.41, 5.74) is 11.4. The number of anilines is 1. The van der Waals surface area contributed by atoms with Crippen molar-refractivity contribution in [1.29, 1.82) is 0 Å². The molecule has 1 aromatic rings. The van der Waals surface area contributed by atoms with Crippen molar-refractivity contribution in [1.82, 2.24) is 4.98 Å². The molecule has 0 aliphatic heterocycles. The van der Waals surface area contributed by atoms with Crippen LogP contribution in [0.1, 0.15) is 26.5 Å². The minimum absolute atomic E-state index is 0.319. The van der Waals surface area contributed by atoms with E-state index in [1.54, 1.807) is 39.0 Å². The van der Waals surface area contributed by atoms with Crippen LogP contribution < -0.4 is 11.5 Å². The van der Waals surface area contributed by atoms with Crippen molar-refractivity contribution in [3.05, 3.63) is 23.9 Å². The predicted octanol–water partition coefficient (Wildman–Crippen LogP) is 0.875. The van der Waals surface area contributed by atoms with E-state index in [1.807, 2.05) is 0 Å². The van der Waals surface area contributed by atoms with Crippen LogP contribution in [-0.2, 0) is 16.0 Å². The summed E-state index contributed by atoms with van der Waals surface area (Å²) in [4.78, 5) is 15.7. The number of nitrogens with zero attached hydrogens (tertiary/aromatic N) is 1. The van der Waals surface area contributed by atoms with Gasteiger partial charge in [-0.05, 0) is 32.9 Å². The van der Waals surface area contributed by atoms with Gasteiger partial charge in [-0.15, -0.1) is 0 Å². The van der Waals surface area contributed by atoms with Gasteiger partial charge in [0.1, 0.15) is 17.5 Å². The van der Waals surface area contributed by atoms with Crippen LogP contribution in [0.2, 0.25) is 0 Å². The SMILES string of the molecule is CC(C)(C)OC(=O)C(N)Cc1cccc(N)n1. The summed E-state index contributed by atoms with van der Waals surface area (Å²) in [6.45, 7) is 5.41. The molecule has 94 valence electrons. The molecule has 0 saturated heterocycles. The van der Waals surface area contributed by atoms with Gasteiger partial charge in [-0.25, -0.2) is 4.98 Å². The van der Waals surface area contributed by atoms with Gasteiger partial charge < -0.3 is 16.2 Å². The third-order valence-corrected chi connectivity index (χ3v) is 1.97. The second-order valence-electron chi connectivity index (χ2n) is 4.90. The second-order valence-corrected chi connectivity index (χ2v) is 4.90. The molecule has 4 N–H and O–H groups in total. The standard InChI is InChI=1S/C12H19N3O2/c1-12(2,3)17-11(16)9(13)7-8-5-4-6-10(14)15-8/h4-6,9H,7,13H2,1-3H3,(H2,14,15). The lowest BCUT2D eigenvalue weighted by Crippen LogP contribution is -2.39. The molecule has 0 saturated carbocycles. The van der Waals surface area contributed by atoms with E-state index in [0.29, 0.717) is 17.9 Å². The van der Waals surface area contributed by atoms with Crippen LogP contribution in [0.4, 0.5) is 5.82 Å². The van der Waals surface area contributed by atoms with Gasteiger partial charge in [0, 0.05) is 12.1 Å². The van der Waals surface area contributed by atoms with E-state index in [1.165, 1.54) is 0 Å². The summed E-state index contributed by atoms with van der Waals surface area (Å²) >= 11 is 0. The first-order valence-electron chi connectivity index (χ1n) is 5.48.